The van der Waals surface area contributed by atoms with Gasteiger partial charge >= 0.3 is 0 Å². The van der Waals surface area contributed by atoms with Crippen molar-refractivity contribution in [3.8, 4) is 0 Å². The Morgan fingerprint density at radius 3 is 2.25 bits per heavy atom. The molecule has 2 fully saturated rings. The van der Waals surface area contributed by atoms with Crippen molar-refractivity contribution < 1.29 is 4.79 Å². The van der Waals surface area contributed by atoms with Crippen LogP contribution in [0.25, 0.3) is 0 Å². The van der Waals surface area contributed by atoms with Crippen molar-refractivity contribution in [3.05, 3.63) is 0 Å². The topological polar surface area (TPSA) is 49.6 Å². The average Bonchev–Trinajstić information content (AvgIpc) is 2.87. The highest BCUT2D eigenvalue weighted by molar-refractivity contribution is 5.77. The Morgan fingerprint density at radius 2 is 1.75 bits per heavy atom. The van der Waals surface area contributed by atoms with E-state index in [4.69, 9.17) is 5.73 Å². The maximum atomic E-state index is 12.4. The van der Waals surface area contributed by atoms with Crippen molar-refractivity contribution in [1.29, 1.82) is 0 Å². The fourth-order valence-electron chi connectivity index (χ4n) is 3.89. The zero-order valence-corrected chi connectivity index (χ0v) is 13.2. The van der Waals surface area contributed by atoms with Crippen molar-refractivity contribution in [2.24, 2.45) is 5.73 Å². The largest absolute Gasteiger partial charge is 0.343 e. The number of nitrogens with zero attached hydrogens (tertiary/aromatic N) is 2. The van der Waals surface area contributed by atoms with E-state index in [9.17, 15) is 4.79 Å². The van der Waals surface area contributed by atoms with Crippen molar-refractivity contribution in [1.82, 2.24) is 9.80 Å². The molecule has 2 aliphatic rings. The summed E-state index contributed by atoms with van der Waals surface area (Å²) >= 11 is 0. The van der Waals surface area contributed by atoms with Crippen LogP contribution in [0.2, 0.25) is 0 Å². The lowest BCUT2D eigenvalue weighted by Crippen LogP contribution is -2.49. The highest BCUT2D eigenvalue weighted by Crippen LogP contribution is 2.31. The first-order valence-electron chi connectivity index (χ1n) is 8.38. The molecule has 1 heterocycles. The second-order valence-electron chi connectivity index (χ2n) is 6.58. The van der Waals surface area contributed by atoms with Gasteiger partial charge in [-0.15, -0.1) is 0 Å². The molecule has 0 aromatic carbocycles. The lowest BCUT2D eigenvalue weighted by molar-refractivity contribution is -0.134. The Hall–Kier alpha value is -0.610. The van der Waals surface area contributed by atoms with Crippen LogP contribution >= 0.6 is 0 Å². The molecular formula is C16H31N3O. The van der Waals surface area contributed by atoms with Gasteiger partial charge in [-0.25, -0.2) is 0 Å². The third-order valence-corrected chi connectivity index (χ3v) is 5.25. The van der Waals surface area contributed by atoms with E-state index in [1.54, 1.807) is 0 Å². The van der Waals surface area contributed by atoms with Crippen LogP contribution in [0.5, 0.6) is 0 Å². The third kappa shape index (κ3) is 3.73. The van der Waals surface area contributed by atoms with Gasteiger partial charge in [0.1, 0.15) is 0 Å². The molecule has 1 saturated heterocycles. The fraction of sp³-hybridized carbons (Fsp3) is 0.938. The predicted molar refractivity (Wildman–Crippen MR) is 82.5 cm³/mol. The summed E-state index contributed by atoms with van der Waals surface area (Å²) in [5.74, 6) is 0.285. The molecule has 0 bridgehead atoms. The van der Waals surface area contributed by atoms with Gasteiger partial charge in [-0.05, 0) is 38.8 Å². The highest BCUT2D eigenvalue weighted by Gasteiger charge is 2.34. The molecule has 1 aliphatic carbocycles. The molecule has 1 aliphatic heterocycles. The maximum absolute atomic E-state index is 12.4. The summed E-state index contributed by atoms with van der Waals surface area (Å²) in [6.07, 6.45) is 7.21. The van der Waals surface area contributed by atoms with Gasteiger partial charge in [-0.2, -0.15) is 0 Å². The summed E-state index contributed by atoms with van der Waals surface area (Å²) in [5, 5.41) is 0. The van der Waals surface area contributed by atoms with Crippen LogP contribution in [0, 0.1) is 0 Å². The molecule has 2 N–H and O–H groups in total. The van der Waals surface area contributed by atoms with Crippen molar-refractivity contribution in [2.75, 3.05) is 26.2 Å². The zero-order chi connectivity index (χ0) is 14.6. The van der Waals surface area contributed by atoms with Gasteiger partial charge in [0, 0.05) is 31.1 Å². The molecule has 0 atom stereocenters. The first-order chi connectivity index (χ1) is 9.58. The first kappa shape index (κ1) is 15.8. The SMILES string of the molecule is CCN(CC)C1CCN(C(=O)CC2(N)CCCC2)CC1. The second-order valence-corrected chi connectivity index (χ2v) is 6.58. The maximum Gasteiger partial charge on any atom is 0.224 e. The van der Waals surface area contributed by atoms with Crippen LogP contribution in [0.4, 0.5) is 0 Å². The number of piperidine rings is 1. The monoisotopic (exact) mass is 281 g/mol. The van der Waals surface area contributed by atoms with Crippen LogP contribution in [0.1, 0.15) is 58.8 Å². The lowest BCUT2D eigenvalue weighted by atomic mass is 9.93. The van der Waals surface area contributed by atoms with Gasteiger partial charge in [0.15, 0.2) is 0 Å². The number of rotatable bonds is 5. The quantitative estimate of drug-likeness (QED) is 0.838. The minimum atomic E-state index is -0.202. The molecule has 0 aromatic rings. The van der Waals surface area contributed by atoms with E-state index in [1.165, 1.54) is 12.8 Å². The number of hydrogen-bond acceptors (Lipinski definition) is 3. The summed E-state index contributed by atoms with van der Waals surface area (Å²) in [6.45, 7) is 8.49. The Balaban J connectivity index is 1.79. The molecule has 0 unspecified atom stereocenters. The van der Waals surface area contributed by atoms with Crippen molar-refractivity contribution in [2.45, 2.75) is 70.4 Å². The van der Waals surface area contributed by atoms with Crippen LogP contribution in [-0.4, -0.2) is 53.5 Å². The molecule has 20 heavy (non-hydrogen) atoms. The van der Waals surface area contributed by atoms with E-state index in [-0.39, 0.29) is 11.4 Å². The summed E-state index contributed by atoms with van der Waals surface area (Å²) in [6, 6.07) is 0.660. The van der Waals surface area contributed by atoms with Crippen LogP contribution in [0.15, 0.2) is 0 Å². The predicted octanol–water partition coefficient (Wildman–Crippen LogP) is 1.98. The van der Waals surface area contributed by atoms with E-state index < -0.39 is 0 Å². The van der Waals surface area contributed by atoms with Gasteiger partial charge in [0.05, 0.1) is 0 Å². The Kier molecular flexibility index (Phi) is 5.44. The minimum absolute atomic E-state index is 0.202. The lowest BCUT2D eigenvalue weighted by Gasteiger charge is -2.38. The number of hydrogen-bond donors (Lipinski definition) is 1. The second kappa shape index (κ2) is 6.90. The van der Waals surface area contributed by atoms with Gasteiger partial charge in [0.25, 0.3) is 0 Å². The number of carbonyl (C=O) groups is 1. The smallest absolute Gasteiger partial charge is 0.224 e. The van der Waals surface area contributed by atoms with E-state index in [0.717, 1.165) is 51.9 Å². The molecular weight excluding hydrogens is 250 g/mol. The molecule has 1 saturated carbocycles. The van der Waals surface area contributed by atoms with Gasteiger partial charge in [-0.1, -0.05) is 26.7 Å². The van der Waals surface area contributed by atoms with E-state index in [1.807, 2.05) is 4.90 Å². The molecule has 4 nitrogen and oxygen atoms in total. The first-order valence-corrected chi connectivity index (χ1v) is 8.38. The summed E-state index contributed by atoms with van der Waals surface area (Å²) in [4.78, 5) is 17.0. The van der Waals surface area contributed by atoms with Crippen molar-refractivity contribution in [3.63, 3.8) is 0 Å². The summed E-state index contributed by atoms with van der Waals surface area (Å²) < 4.78 is 0. The van der Waals surface area contributed by atoms with Crippen LogP contribution < -0.4 is 5.73 Å². The van der Waals surface area contributed by atoms with Gasteiger partial charge in [0.2, 0.25) is 5.91 Å². The summed E-state index contributed by atoms with van der Waals surface area (Å²) in [5.41, 5.74) is 6.13. The minimum Gasteiger partial charge on any atom is -0.343 e. The molecule has 116 valence electrons. The Labute approximate surface area is 123 Å². The number of carbonyl (C=O) groups excluding carboxylic acids is 1. The highest BCUT2D eigenvalue weighted by atomic mass is 16.2. The van der Waals surface area contributed by atoms with E-state index in [0.29, 0.717) is 12.5 Å². The number of nitrogens with two attached hydrogens (primary N) is 1. The standard InChI is InChI=1S/C16H31N3O/c1-3-18(4-2)14-7-11-19(12-8-14)15(20)13-16(17)9-5-6-10-16/h14H,3-13,17H2,1-2H3. The molecule has 0 spiro atoms. The van der Waals surface area contributed by atoms with E-state index >= 15 is 0 Å². The molecule has 0 aromatic heterocycles. The number of amides is 1. The van der Waals surface area contributed by atoms with Crippen LogP contribution in [0.3, 0.4) is 0 Å². The Morgan fingerprint density at radius 1 is 1.20 bits per heavy atom. The summed E-state index contributed by atoms with van der Waals surface area (Å²) in [7, 11) is 0. The number of likely N-dealkylation sites (tertiary alicyclic amines) is 1. The van der Waals surface area contributed by atoms with E-state index in [2.05, 4.69) is 18.7 Å². The molecule has 0 radical (unpaired) electrons. The molecule has 1 amide bonds. The average molecular weight is 281 g/mol. The Bertz CT molecular complexity index is 314. The molecule has 2 rings (SSSR count). The van der Waals surface area contributed by atoms with Gasteiger partial charge in [-0.3, -0.25) is 4.79 Å². The zero-order valence-electron chi connectivity index (χ0n) is 13.2. The normalized spacial score (nSPS) is 23.5. The van der Waals surface area contributed by atoms with Crippen LogP contribution in [-0.2, 0) is 4.79 Å². The van der Waals surface area contributed by atoms with Crippen molar-refractivity contribution >= 4 is 5.91 Å². The van der Waals surface area contributed by atoms with Gasteiger partial charge < -0.3 is 15.5 Å². The molecule has 4 heteroatoms. The third-order valence-electron chi connectivity index (χ3n) is 5.25. The fourth-order valence-corrected chi connectivity index (χ4v) is 3.89.